The molecule has 0 unspecified atom stereocenters. The van der Waals surface area contributed by atoms with Crippen LogP contribution in [0.25, 0.3) is 0 Å². The number of carbonyl (C=O) groups is 2. The third-order valence-electron chi connectivity index (χ3n) is 1.60. The fraction of sp³-hybridized carbons (Fsp3) is 0.500. The molecule has 0 N–H and O–H groups in total. The second-order valence-corrected chi connectivity index (χ2v) is 2.62. The topological polar surface area (TPSA) is 37.4 Å². The Labute approximate surface area is 65.7 Å². The van der Waals surface area contributed by atoms with Crippen molar-refractivity contribution in [1.82, 2.24) is 4.90 Å². The maximum Gasteiger partial charge on any atom is 0.226 e. The lowest BCUT2D eigenvalue weighted by Crippen LogP contribution is -2.17. The highest BCUT2D eigenvalue weighted by Gasteiger charge is 2.16. The highest BCUT2D eigenvalue weighted by molar-refractivity contribution is 5.88. The number of allylic oxidation sites excluding steroid dienone is 1. The number of nitrogens with zero attached hydrogens (tertiary/aromatic N) is 1. The lowest BCUT2D eigenvalue weighted by atomic mass is 10.4. The first-order chi connectivity index (χ1) is 5.20. The number of likely N-dealkylation sites (tertiary alicyclic amines) is 1. The molecule has 0 bridgehead atoms. The van der Waals surface area contributed by atoms with Gasteiger partial charge in [-0.15, -0.1) is 0 Å². The van der Waals surface area contributed by atoms with Crippen molar-refractivity contribution in [2.24, 2.45) is 0 Å². The molecule has 1 amide bonds. The van der Waals surface area contributed by atoms with Gasteiger partial charge in [-0.25, -0.2) is 0 Å². The van der Waals surface area contributed by atoms with E-state index in [0.29, 0.717) is 6.42 Å². The Kier molecular flexibility index (Phi) is 2.41. The normalized spacial score (nSPS) is 18.3. The molecule has 1 aliphatic heterocycles. The summed E-state index contributed by atoms with van der Waals surface area (Å²) >= 11 is 0. The summed E-state index contributed by atoms with van der Waals surface area (Å²) in [5.41, 5.74) is 0. The van der Waals surface area contributed by atoms with E-state index in [0.717, 1.165) is 13.0 Å². The Hall–Kier alpha value is -1.12. The first kappa shape index (κ1) is 7.98. The summed E-state index contributed by atoms with van der Waals surface area (Å²) in [4.78, 5) is 23.0. The standard InChI is InChI=1S/C8H11NO2/c1-7(10)4-6-9-5-2-3-8(9)11/h4,6H,2-3,5H2,1H3/b6-4+. The Morgan fingerprint density at radius 3 is 2.82 bits per heavy atom. The van der Waals surface area contributed by atoms with E-state index in [2.05, 4.69) is 0 Å². The number of ketones is 1. The van der Waals surface area contributed by atoms with Crippen LogP contribution in [0.4, 0.5) is 0 Å². The summed E-state index contributed by atoms with van der Waals surface area (Å²) < 4.78 is 0. The maximum absolute atomic E-state index is 11.0. The number of hydrogen-bond acceptors (Lipinski definition) is 2. The van der Waals surface area contributed by atoms with Crippen molar-refractivity contribution in [2.75, 3.05) is 6.54 Å². The van der Waals surface area contributed by atoms with Gasteiger partial charge in [0.25, 0.3) is 0 Å². The molecule has 1 fully saturated rings. The van der Waals surface area contributed by atoms with Gasteiger partial charge in [0.05, 0.1) is 0 Å². The second kappa shape index (κ2) is 3.32. The first-order valence-corrected chi connectivity index (χ1v) is 3.68. The highest BCUT2D eigenvalue weighted by Crippen LogP contribution is 2.09. The van der Waals surface area contributed by atoms with E-state index < -0.39 is 0 Å². The van der Waals surface area contributed by atoms with E-state index in [9.17, 15) is 9.59 Å². The minimum Gasteiger partial charge on any atom is -0.319 e. The van der Waals surface area contributed by atoms with Crippen molar-refractivity contribution >= 4 is 11.7 Å². The lowest BCUT2D eigenvalue weighted by Gasteiger charge is -2.06. The molecule has 1 heterocycles. The minimum absolute atomic E-state index is 0.0234. The lowest BCUT2D eigenvalue weighted by molar-refractivity contribution is -0.125. The predicted octanol–water partition coefficient (Wildman–Crippen LogP) is 0.712. The van der Waals surface area contributed by atoms with Crippen LogP contribution in [-0.2, 0) is 9.59 Å². The van der Waals surface area contributed by atoms with Crippen molar-refractivity contribution in [3.05, 3.63) is 12.3 Å². The van der Waals surface area contributed by atoms with Gasteiger partial charge in [0, 0.05) is 19.2 Å². The molecule has 0 aromatic rings. The van der Waals surface area contributed by atoms with Crippen LogP contribution in [0.1, 0.15) is 19.8 Å². The third-order valence-corrected chi connectivity index (χ3v) is 1.60. The van der Waals surface area contributed by atoms with Crippen LogP contribution < -0.4 is 0 Å². The van der Waals surface area contributed by atoms with E-state index >= 15 is 0 Å². The molecule has 1 rings (SSSR count). The van der Waals surface area contributed by atoms with Crippen molar-refractivity contribution in [2.45, 2.75) is 19.8 Å². The van der Waals surface area contributed by atoms with Gasteiger partial charge < -0.3 is 4.90 Å². The number of amides is 1. The summed E-state index contributed by atoms with van der Waals surface area (Å²) in [7, 11) is 0. The zero-order chi connectivity index (χ0) is 8.27. The largest absolute Gasteiger partial charge is 0.319 e. The van der Waals surface area contributed by atoms with Crippen LogP contribution >= 0.6 is 0 Å². The molecule has 1 saturated heterocycles. The van der Waals surface area contributed by atoms with Crippen molar-refractivity contribution in [1.29, 1.82) is 0 Å². The molecule has 0 aromatic carbocycles. The fourth-order valence-corrected chi connectivity index (χ4v) is 1.02. The van der Waals surface area contributed by atoms with Gasteiger partial charge in [-0.1, -0.05) is 0 Å². The zero-order valence-corrected chi connectivity index (χ0v) is 6.54. The van der Waals surface area contributed by atoms with E-state index in [1.54, 1.807) is 11.1 Å². The Balaban J connectivity index is 2.48. The average molecular weight is 153 g/mol. The molecule has 0 aromatic heterocycles. The van der Waals surface area contributed by atoms with E-state index in [4.69, 9.17) is 0 Å². The number of rotatable bonds is 2. The molecule has 0 atom stereocenters. The van der Waals surface area contributed by atoms with Gasteiger partial charge in [-0.3, -0.25) is 9.59 Å². The van der Waals surface area contributed by atoms with Gasteiger partial charge >= 0.3 is 0 Å². The number of carbonyl (C=O) groups excluding carboxylic acids is 2. The van der Waals surface area contributed by atoms with Crippen molar-refractivity contribution in [3.8, 4) is 0 Å². The van der Waals surface area contributed by atoms with Gasteiger partial charge in [-0.2, -0.15) is 0 Å². The van der Waals surface area contributed by atoms with Gasteiger partial charge in [0.2, 0.25) is 5.91 Å². The maximum atomic E-state index is 11.0. The Morgan fingerprint density at radius 2 is 2.36 bits per heavy atom. The summed E-state index contributed by atoms with van der Waals surface area (Å²) in [5, 5.41) is 0. The molecule has 3 heteroatoms. The average Bonchev–Trinajstić information content (AvgIpc) is 2.31. The predicted molar refractivity (Wildman–Crippen MR) is 40.8 cm³/mol. The molecule has 0 spiro atoms. The first-order valence-electron chi connectivity index (χ1n) is 3.68. The molecule has 60 valence electrons. The summed E-state index contributed by atoms with van der Waals surface area (Å²) in [6, 6.07) is 0. The van der Waals surface area contributed by atoms with Crippen LogP contribution in [0.5, 0.6) is 0 Å². The molecule has 3 nitrogen and oxygen atoms in total. The molecular formula is C8H11NO2. The zero-order valence-electron chi connectivity index (χ0n) is 6.54. The van der Waals surface area contributed by atoms with Crippen LogP contribution in [-0.4, -0.2) is 23.1 Å². The molecule has 0 saturated carbocycles. The fourth-order valence-electron chi connectivity index (χ4n) is 1.02. The van der Waals surface area contributed by atoms with Gasteiger partial charge in [-0.05, 0) is 19.4 Å². The minimum atomic E-state index is -0.0234. The summed E-state index contributed by atoms with van der Waals surface area (Å²) in [6.07, 6.45) is 4.50. The highest BCUT2D eigenvalue weighted by atomic mass is 16.2. The monoisotopic (exact) mass is 153 g/mol. The van der Waals surface area contributed by atoms with E-state index in [1.165, 1.54) is 13.0 Å². The Bertz CT molecular complexity index is 208. The summed E-state index contributed by atoms with van der Waals surface area (Å²) in [6.45, 7) is 2.22. The number of hydrogen-bond donors (Lipinski definition) is 0. The van der Waals surface area contributed by atoms with Crippen LogP contribution in [0.2, 0.25) is 0 Å². The third kappa shape index (κ3) is 2.18. The Morgan fingerprint density at radius 1 is 1.64 bits per heavy atom. The molecule has 0 aliphatic carbocycles. The summed E-state index contributed by atoms with van der Waals surface area (Å²) in [5.74, 6) is 0.0900. The molecular weight excluding hydrogens is 142 g/mol. The van der Waals surface area contributed by atoms with Crippen LogP contribution in [0, 0.1) is 0 Å². The second-order valence-electron chi connectivity index (χ2n) is 2.62. The molecule has 11 heavy (non-hydrogen) atoms. The van der Waals surface area contributed by atoms with Gasteiger partial charge in [0.1, 0.15) is 0 Å². The van der Waals surface area contributed by atoms with Crippen molar-refractivity contribution < 1.29 is 9.59 Å². The van der Waals surface area contributed by atoms with Crippen LogP contribution in [0.15, 0.2) is 12.3 Å². The van der Waals surface area contributed by atoms with Crippen molar-refractivity contribution in [3.63, 3.8) is 0 Å². The quantitative estimate of drug-likeness (QED) is 0.548. The SMILES string of the molecule is CC(=O)/C=C/N1CCCC1=O. The van der Waals surface area contributed by atoms with E-state index in [1.807, 2.05) is 0 Å². The van der Waals surface area contributed by atoms with Gasteiger partial charge in [0.15, 0.2) is 5.78 Å². The van der Waals surface area contributed by atoms with E-state index in [-0.39, 0.29) is 11.7 Å². The smallest absolute Gasteiger partial charge is 0.226 e. The van der Waals surface area contributed by atoms with Crippen LogP contribution in [0.3, 0.4) is 0 Å². The molecule has 1 aliphatic rings. The molecule has 0 radical (unpaired) electrons.